The zero-order valence-electron chi connectivity index (χ0n) is 4.14. The van der Waals surface area contributed by atoms with Gasteiger partial charge in [0, 0.05) is 7.05 Å². The molecule has 0 aliphatic carbocycles. The molecule has 0 aliphatic heterocycles. The van der Waals surface area contributed by atoms with E-state index in [9.17, 15) is 0 Å². The SMILES string of the molecule is CC/C=N/C.Cl. The number of hydrogen-bond donors (Lipinski definition) is 0. The van der Waals surface area contributed by atoms with Gasteiger partial charge in [-0.15, -0.1) is 12.4 Å². The highest BCUT2D eigenvalue weighted by Gasteiger charge is 1.53. The van der Waals surface area contributed by atoms with Crippen LogP contribution >= 0.6 is 12.4 Å². The zero-order chi connectivity index (χ0) is 4.12. The second-order valence-corrected chi connectivity index (χ2v) is 0.849. The van der Waals surface area contributed by atoms with Crippen LogP contribution in [-0.2, 0) is 0 Å². The van der Waals surface area contributed by atoms with Gasteiger partial charge in [0.2, 0.25) is 0 Å². The lowest BCUT2D eigenvalue weighted by Crippen LogP contribution is -1.60. The van der Waals surface area contributed by atoms with Gasteiger partial charge in [-0.2, -0.15) is 0 Å². The first kappa shape index (κ1) is 9.35. The van der Waals surface area contributed by atoms with Gasteiger partial charge in [-0.1, -0.05) is 6.92 Å². The molecule has 2 heteroatoms. The second kappa shape index (κ2) is 8.88. The van der Waals surface area contributed by atoms with Gasteiger partial charge in [0.25, 0.3) is 0 Å². The third-order valence-corrected chi connectivity index (χ3v) is 0.365. The minimum atomic E-state index is 0. The van der Waals surface area contributed by atoms with Crippen LogP contribution < -0.4 is 0 Å². The maximum absolute atomic E-state index is 3.73. The van der Waals surface area contributed by atoms with E-state index in [2.05, 4.69) is 11.9 Å². The Morgan fingerprint density at radius 1 is 1.67 bits per heavy atom. The van der Waals surface area contributed by atoms with E-state index in [0.717, 1.165) is 6.42 Å². The molecule has 0 atom stereocenters. The smallest absolute Gasteiger partial charge is 0.0273 e. The molecular weight excluding hydrogens is 97.5 g/mol. The van der Waals surface area contributed by atoms with E-state index in [1.165, 1.54) is 0 Å². The summed E-state index contributed by atoms with van der Waals surface area (Å²) in [5, 5.41) is 0. The monoisotopic (exact) mass is 107 g/mol. The molecule has 6 heavy (non-hydrogen) atoms. The predicted octanol–water partition coefficient (Wildman–Crippen LogP) is 1.52. The molecule has 38 valence electrons. The van der Waals surface area contributed by atoms with Crippen LogP contribution in [0.3, 0.4) is 0 Å². The molecule has 0 aliphatic rings. The van der Waals surface area contributed by atoms with Crippen LogP contribution in [0.1, 0.15) is 13.3 Å². The van der Waals surface area contributed by atoms with Crippen LogP contribution in [0.4, 0.5) is 0 Å². The summed E-state index contributed by atoms with van der Waals surface area (Å²) in [5.74, 6) is 0. The molecule has 0 aromatic carbocycles. The van der Waals surface area contributed by atoms with Gasteiger partial charge in [0.15, 0.2) is 0 Å². The molecule has 0 spiro atoms. The maximum Gasteiger partial charge on any atom is 0.0273 e. The molecule has 0 fully saturated rings. The van der Waals surface area contributed by atoms with Crippen molar-refractivity contribution in [3.63, 3.8) is 0 Å². The van der Waals surface area contributed by atoms with Gasteiger partial charge < -0.3 is 4.99 Å². The molecule has 0 heterocycles. The lowest BCUT2D eigenvalue weighted by atomic mass is 10.5. The quantitative estimate of drug-likeness (QED) is 0.451. The van der Waals surface area contributed by atoms with Crippen molar-refractivity contribution in [1.29, 1.82) is 0 Å². The van der Waals surface area contributed by atoms with Crippen molar-refractivity contribution in [2.75, 3.05) is 7.05 Å². The van der Waals surface area contributed by atoms with Crippen molar-refractivity contribution in [1.82, 2.24) is 0 Å². The fourth-order valence-electron chi connectivity index (χ4n) is 0.183. The minimum Gasteiger partial charge on any atom is -0.301 e. The van der Waals surface area contributed by atoms with Gasteiger partial charge in [-0.25, -0.2) is 0 Å². The van der Waals surface area contributed by atoms with E-state index in [1.807, 2.05) is 6.21 Å². The van der Waals surface area contributed by atoms with Crippen molar-refractivity contribution in [3.8, 4) is 0 Å². The molecule has 0 amide bonds. The van der Waals surface area contributed by atoms with E-state index in [0.29, 0.717) is 0 Å². The van der Waals surface area contributed by atoms with Gasteiger partial charge in [0.05, 0.1) is 0 Å². The lowest BCUT2D eigenvalue weighted by molar-refractivity contribution is 1.29. The van der Waals surface area contributed by atoms with Crippen LogP contribution in [-0.4, -0.2) is 13.3 Å². The Balaban J connectivity index is 0. The standard InChI is InChI=1S/C4H9N.ClH/c1-3-4-5-2;/h4H,3H2,1-2H3;1H/b5-4+;. The molecule has 0 N–H and O–H groups in total. The van der Waals surface area contributed by atoms with Crippen LogP contribution in [0.25, 0.3) is 0 Å². The first-order valence-corrected chi connectivity index (χ1v) is 1.82. The summed E-state index contributed by atoms with van der Waals surface area (Å²) in [7, 11) is 1.78. The normalized spacial score (nSPS) is 8.33. The maximum atomic E-state index is 3.73. The fraction of sp³-hybridized carbons (Fsp3) is 0.750. The Morgan fingerprint density at radius 2 is 2.17 bits per heavy atom. The van der Waals surface area contributed by atoms with E-state index < -0.39 is 0 Å². The Kier molecular flexibility index (Phi) is 13.8. The third kappa shape index (κ3) is 9.03. The molecule has 0 unspecified atom stereocenters. The fourth-order valence-corrected chi connectivity index (χ4v) is 0.183. The minimum absolute atomic E-state index is 0. The number of hydrogen-bond acceptors (Lipinski definition) is 1. The highest BCUT2D eigenvalue weighted by atomic mass is 35.5. The van der Waals surface area contributed by atoms with Gasteiger partial charge in [0.1, 0.15) is 0 Å². The highest BCUT2D eigenvalue weighted by Crippen LogP contribution is 1.60. The van der Waals surface area contributed by atoms with Crippen LogP contribution in [0.2, 0.25) is 0 Å². The Bertz CT molecular complexity index is 34.5. The third-order valence-electron chi connectivity index (χ3n) is 0.365. The summed E-state index contributed by atoms with van der Waals surface area (Å²) in [6, 6.07) is 0. The average Bonchev–Trinajstić information content (AvgIpc) is 1.41. The van der Waals surface area contributed by atoms with Crippen molar-refractivity contribution in [2.24, 2.45) is 4.99 Å². The van der Waals surface area contributed by atoms with Crippen LogP contribution in [0.5, 0.6) is 0 Å². The number of aliphatic imine (C=N–C) groups is 1. The Hall–Kier alpha value is -0.0400. The summed E-state index contributed by atoms with van der Waals surface area (Å²) in [5.41, 5.74) is 0. The Labute approximate surface area is 44.9 Å². The van der Waals surface area contributed by atoms with E-state index in [4.69, 9.17) is 0 Å². The zero-order valence-corrected chi connectivity index (χ0v) is 4.96. The van der Waals surface area contributed by atoms with Crippen LogP contribution in [0.15, 0.2) is 4.99 Å². The topological polar surface area (TPSA) is 12.4 Å². The first-order chi connectivity index (χ1) is 2.41. The summed E-state index contributed by atoms with van der Waals surface area (Å²) in [6.07, 6.45) is 2.93. The molecule has 1 nitrogen and oxygen atoms in total. The van der Waals surface area contributed by atoms with Crippen molar-refractivity contribution in [2.45, 2.75) is 13.3 Å². The largest absolute Gasteiger partial charge is 0.301 e. The van der Waals surface area contributed by atoms with Gasteiger partial charge in [-0.05, 0) is 12.6 Å². The Morgan fingerprint density at radius 3 is 2.17 bits per heavy atom. The summed E-state index contributed by atoms with van der Waals surface area (Å²) >= 11 is 0. The van der Waals surface area contributed by atoms with Crippen LogP contribution in [0, 0.1) is 0 Å². The molecule has 0 radical (unpaired) electrons. The average molecular weight is 108 g/mol. The highest BCUT2D eigenvalue weighted by molar-refractivity contribution is 5.85. The molecule has 0 rings (SSSR count). The number of halogens is 1. The van der Waals surface area contributed by atoms with Gasteiger partial charge >= 0.3 is 0 Å². The number of nitrogens with zero attached hydrogens (tertiary/aromatic N) is 1. The first-order valence-electron chi connectivity index (χ1n) is 1.82. The summed E-state index contributed by atoms with van der Waals surface area (Å²) < 4.78 is 0. The molecule has 0 saturated carbocycles. The lowest BCUT2D eigenvalue weighted by Gasteiger charge is -1.65. The van der Waals surface area contributed by atoms with E-state index in [1.54, 1.807) is 7.05 Å². The molecular formula is C4H10ClN. The molecule has 0 bridgehead atoms. The second-order valence-electron chi connectivity index (χ2n) is 0.849. The van der Waals surface area contributed by atoms with Crippen molar-refractivity contribution >= 4 is 18.6 Å². The molecule has 0 aromatic heterocycles. The van der Waals surface area contributed by atoms with Crippen molar-refractivity contribution < 1.29 is 0 Å². The van der Waals surface area contributed by atoms with E-state index >= 15 is 0 Å². The molecule has 0 saturated heterocycles. The van der Waals surface area contributed by atoms with Gasteiger partial charge in [-0.3, -0.25) is 0 Å². The van der Waals surface area contributed by atoms with E-state index in [-0.39, 0.29) is 12.4 Å². The summed E-state index contributed by atoms with van der Waals surface area (Å²) in [4.78, 5) is 3.73. The number of rotatable bonds is 1. The predicted molar refractivity (Wildman–Crippen MR) is 32.0 cm³/mol. The van der Waals surface area contributed by atoms with Crippen molar-refractivity contribution in [3.05, 3.63) is 0 Å². The summed E-state index contributed by atoms with van der Waals surface area (Å²) in [6.45, 7) is 2.06. The molecule has 0 aromatic rings.